The minimum absolute atomic E-state index is 0. The molecular formula is C27H40N6O2Y-2. The minimum Gasteiger partial charge on any atom is -0.693 e. The van der Waals surface area contributed by atoms with Gasteiger partial charge in [-0.1, -0.05) is 24.3 Å². The SMILES string of the molecule is C=CCNC(=O)/C(=C/[N-]C)C[N-]c1ccc(N(C)C(C)(C)C)cc1.CC(C)(O)c1cccc(N)n1.[Y]. The number of carbonyl (C=O) groups is 1. The fourth-order valence-electron chi connectivity index (χ4n) is 2.74. The molecule has 1 heterocycles. The minimum atomic E-state index is -0.907. The van der Waals surface area contributed by atoms with Crippen LogP contribution < -0.4 is 16.0 Å². The summed E-state index contributed by atoms with van der Waals surface area (Å²) in [4.78, 5) is 18.2. The monoisotopic (exact) mass is 569 g/mol. The smallest absolute Gasteiger partial charge is 0.244 e. The number of aromatic nitrogens is 1. The van der Waals surface area contributed by atoms with Crippen LogP contribution in [0.1, 0.15) is 40.3 Å². The van der Waals surface area contributed by atoms with E-state index in [1.54, 1.807) is 51.4 Å². The van der Waals surface area contributed by atoms with Crippen LogP contribution in [-0.2, 0) is 43.1 Å². The van der Waals surface area contributed by atoms with Crippen LogP contribution in [0.4, 0.5) is 17.2 Å². The molecule has 2 rings (SSSR count). The van der Waals surface area contributed by atoms with Crippen molar-refractivity contribution in [2.24, 2.45) is 0 Å². The summed E-state index contributed by atoms with van der Waals surface area (Å²) in [7, 11) is 3.71. The van der Waals surface area contributed by atoms with E-state index < -0.39 is 5.60 Å². The van der Waals surface area contributed by atoms with Gasteiger partial charge in [-0.2, -0.15) is 6.20 Å². The molecule has 1 amide bonds. The molecule has 0 bridgehead atoms. The zero-order valence-electron chi connectivity index (χ0n) is 22.6. The number of anilines is 2. The van der Waals surface area contributed by atoms with E-state index in [2.05, 4.69) is 60.2 Å². The zero-order chi connectivity index (χ0) is 26.6. The molecule has 0 atom stereocenters. The van der Waals surface area contributed by atoms with Gasteiger partial charge in [0.05, 0.1) is 5.69 Å². The Kier molecular flexibility index (Phi) is 14.6. The number of amides is 1. The van der Waals surface area contributed by atoms with Crippen molar-refractivity contribution >= 4 is 23.1 Å². The molecule has 0 saturated heterocycles. The Morgan fingerprint density at radius 1 is 1.17 bits per heavy atom. The average Bonchev–Trinajstić information content (AvgIpc) is 2.79. The summed E-state index contributed by atoms with van der Waals surface area (Å²) in [5.74, 6) is 0.262. The van der Waals surface area contributed by atoms with E-state index in [9.17, 15) is 9.90 Å². The summed E-state index contributed by atoms with van der Waals surface area (Å²) >= 11 is 0. The zero-order valence-corrected chi connectivity index (χ0v) is 25.5. The van der Waals surface area contributed by atoms with Gasteiger partial charge in [0.1, 0.15) is 11.4 Å². The van der Waals surface area contributed by atoms with Gasteiger partial charge in [0, 0.05) is 57.5 Å². The maximum Gasteiger partial charge on any atom is 0.244 e. The molecule has 1 aromatic heterocycles. The van der Waals surface area contributed by atoms with Crippen LogP contribution in [-0.4, -0.2) is 48.7 Å². The first-order valence-electron chi connectivity index (χ1n) is 11.4. The third-order valence-electron chi connectivity index (χ3n) is 5.06. The fraction of sp³-hybridized carbons (Fsp3) is 0.407. The molecule has 0 unspecified atom stereocenters. The van der Waals surface area contributed by atoms with E-state index in [0.717, 1.165) is 11.4 Å². The quantitative estimate of drug-likeness (QED) is 0.290. The molecule has 2 aromatic rings. The predicted molar refractivity (Wildman–Crippen MR) is 147 cm³/mol. The third kappa shape index (κ3) is 12.0. The van der Waals surface area contributed by atoms with Gasteiger partial charge in [-0.25, -0.2) is 4.98 Å². The second-order valence-electron chi connectivity index (χ2n) is 9.48. The van der Waals surface area contributed by atoms with E-state index in [1.807, 2.05) is 24.3 Å². The summed E-state index contributed by atoms with van der Waals surface area (Å²) < 4.78 is 0. The van der Waals surface area contributed by atoms with Crippen molar-refractivity contribution < 1.29 is 42.6 Å². The second-order valence-corrected chi connectivity index (χ2v) is 9.48. The average molecular weight is 570 g/mol. The fourth-order valence-corrected chi connectivity index (χ4v) is 2.74. The van der Waals surface area contributed by atoms with Crippen molar-refractivity contribution in [2.75, 3.05) is 37.8 Å². The number of nitrogens with one attached hydrogen (secondary N) is 1. The molecule has 36 heavy (non-hydrogen) atoms. The number of nitrogens with two attached hydrogens (primary N) is 1. The Morgan fingerprint density at radius 3 is 2.22 bits per heavy atom. The van der Waals surface area contributed by atoms with Crippen molar-refractivity contribution in [2.45, 2.75) is 45.8 Å². The van der Waals surface area contributed by atoms with Crippen LogP contribution in [0.5, 0.6) is 0 Å². The number of carbonyl (C=O) groups excluding carboxylic acids is 1. The Balaban J connectivity index is 0.000000854. The first kappa shape index (κ1) is 33.6. The molecule has 9 heteroatoms. The molecular weight excluding hydrogens is 529 g/mol. The van der Waals surface area contributed by atoms with Crippen LogP contribution in [0, 0.1) is 0 Å². The summed E-state index contributed by atoms with van der Waals surface area (Å²) in [6, 6.07) is 13.2. The van der Waals surface area contributed by atoms with Gasteiger partial charge in [-0.15, -0.1) is 25.9 Å². The first-order valence-corrected chi connectivity index (χ1v) is 11.4. The standard InChI is InChI=1S/C19H29N4O.C8H12N2O.Y/c1-7-12-21-18(24)15(13-20-5)14-22-16-8-10-17(11-9-16)23(6)19(2,3)4;1-8(2,11)6-4-3-5-7(9)10-6;/h7-11,13H,1,12,14H2,2-6H3,(H2,20,21,24);3-5,11H,1-2H3,(H2,9,10);/q-1;;/p-1. The Bertz CT molecular complexity index is 979. The molecule has 0 aliphatic rings. The number of aliphatic hydroxyl groups is 1. The summed E-state index contributed by atoms with van der Waals surface area (Å²) in [5.41, 5.74) is 7.66. The Labute approximate surface area is 241 Å². The van der Waals surface area contributed by atoms with E-state index in [4.69, 9.17) is 5.73 Å². The number of nitrogen functional groups attached to an aromatic ring is 1. The van der Waals surface area contributed by atoms with Gasteiger partial charge in [-0.05, 0) is 64.5 Å². The largest absolute Gasteiger partial charge is 0.693 e. The van der Waals surface area contributed by atoms with Gasteiger partial charge in [0.25, 0.3) is 0 Å². The van der Waals surface area contributed by atoms with Crippen molar-refractivity contribution in [1.82, 2.24) is 10.3 Å². The maximum absolute atomic E-state index is 12.0. The van der Waals surface area contributed by atoms with Crippen LogP contribution in [0.3, 0.4) is 0 Å². The van der Waals surface area contributed by atoms with Crippen molar-refractivity contribution in [3.05, 3.63) is 83.2 Å². The topological polar surface area (TPSA) is 120 Å². The Hall–Kier alpha value is -2.42. The Morgan fingerprint density at radius 2 is 1.78 bits per heavy atom. The van der Waals surface area contributed by atoms with E-state index in [1.165, 1.54) is 0 Å². The molecule has 1 aromatic carbocycles. The summed E-state index contributed by atoms with van der Waals surface area (Å²) in [6.07, 6.45) is 3.18. The van der Waals surface area contributed by atoms with Crippen molar-refractivity contribution in [3.8, 4) is 0 Å². The number of rotatable bonds is 9. The van der Waals surface area contributed by atoms with Gasteiger partial charge >= 0.3 is 0 Å². The second kappa shape index (κ2) is 15.6. The van der Waals surface area contributed by atoms with Crippen LogP contribution in [0.15, 0.2) is 66.9 Å². The van der Waals surface area contributed by atoms with Gasteiger partial charge in [-0.3, -0.25) is 4.79 Å². The van der Waals surface area contributed by atoms with Crippen LogP contribution >= 0.6 is 0 Å². The van der Waals surface area contributed by atoms with Crippen LogP contribution in [0.25, 0.3) is 10.6 Å². The number of benzene rings is 1. The number of hydrogen-bond acceptors (Lipinski definition) is 5. The van der Waals surface area contributed by atoms with Crippen molar-refractivity contribution in [1.29, 1.82) is 0 Å². The molecule has 0 fully saturated rings. The number of nitrogens with zero attached hydrogens (tertiary/aromatic N) is 4. The van der Waals surface area contributed by atoms with E-state index >= 15 is 0 Å². The summed E-state index contributed by atoms with van der Waals surface area (Å²) in [6.45, 7) is 14.1. The number of pyridine rings is 1. The summed E-state index contributed by atoms with van der Waals surface area (Å²) in [5, 5.41) is 20.6. The molecule has 0 aliphatic carbocycles. The molecule has 1 radical (unpaired) electrons. The third-order valence-corrected chi connectivity index (χ3v) is 5.06. The van der Waals surface area contributed by atoms with Gasteiger partial charge in [0.15, 0.2) is 0 Å². The normalized spacial score (nSPS) is 11.3. The van der Waals surface area contributed by atoms with Gasteiger partial charge in [0.2, 0.25) is 5.91 Å². The molecule has 195 valence electrons. The molecule has 0 aliphatic heterocycles. The van der Waals surface area contributed by atoms with E-state index in [-0.39, 0.29) is 50.7 Å². The molecule has 0 saturated carbocycles. The first-order chi connectivity index (χ1) is 16.3. The number of hydrogen-bond donors (Lipinski definition) is 3. The van der Waals surface area contributed by atoms with Crippen molar-refractivity contribution in [3.63, 3.8) is 0 Å². The maximum atomic E-state index is 12.0. The van der Waals surface area contributed by atoms with E-state index in [0.29, 0.717) is 23.6 Å². The molecule has 4 N–H and O–H groups in total. The van der Waals surface area contributed by atoms with Gasteiger partial charge < -0.3 is 31.7 Å². The predicted octanol–water partition coefficient (Wildman–Crippen LogP) is 5.00. The molecule has 8 nitrogen and oxygen atoms in total. The molecule has 0 spiro atoms. The van der Waals surface area contributed by atoms with Crippen LogP contribution in [0.2, 0.25) is 0 Å².